The van der Waals surface area contributed by atoms with E-state index in [-0.39, 0.29) is 12.0 Å². The summed E-state index contributed by atoms with van der Waals surface area (Å²) in [5.41, 5.74) is 3.31. The Labute approximate surface area is 178 Å². The molecule has 160 valence electrons. The number of nitrogens with zero attached hydrogens (tertiary/aromatic N) is 3. The Morgan fingerprint density at radius 2 is 2.07 bits per heavy atom. The van der Waals surface area contributed by atoms with E-state index in [1.54, 1.807) is 6.07 Å². The third-order valence-corrected chi connectivity index (χ3v) is 4.99. The van der Waals surface area contributed by atoms with Crippen molar-refractivity contribution < 1.29 is 9.53 Å². The third-order valence-electron chi connectivity index (χ3n) is 4.99. The van der Waals surface area contributed by atoms with Gasteiger partial charge in [0.2, 0.25) is 5.91 Å². The SMILES string of the molecule is CCNC(=NCCC(=O)Nc1cccc(C)n1)N1CCOC(c2ccccc2C)C1. The molecular formula is C23H31N5O2. The fourth-order valence-corrected chi connectivity index (χ4v) is 3.49. The monoisotopic (exact) mass is 409 g/mol. The summed E-state index contributed by atoms with van der Waals surface area (Å²) in [4.78, 5) is 23.4. The highest BCUT2D eigenvalue weighted by Crippen LogP contribution is 2.25. The second-order valence-corrected chi connectivity index (χ2v) is 7.36. The van der Waals surface area contributed by atoms with Crippen LogP contribution in [-0.2, 0) is 9.53 Å². The first-order valence-electron chi connectivity index (χ1n) is 10.5. The molecule has 0 aliphatic carbocycles. The first-order chi connectivity index (χ1) is 14.6. The van der Waals surface area contributed by atoms with Gasteiger partial charge < -0.3 is 20.3 Å². The van der Waals surface area contributed by atoms with E-state index in [0.717, 1.165) is 31.3 Å². The van der Waals surface area contributed by atoms with Crippen molar-refractivity contribution in [1.29, 1.82) is 0 Å². The fourth-order valence-electron chi connectivity index (χ4n) is 3.49. The maximum absolute atomic E-state index is 12.2. The van der Waals surface area contributed by atoms with Gasteiger partial charge in [0, 0.05) is 25.2 Å². The van der Waals surface area contributed by atoms with Crippen molar-refractivity contribution in [2.45, 2.75) is 33.3 Å². The molecule has 7 nitrogen and oxygen atoms in total. The van der Waals surface area contributed by atoms with E-state index < -0.39 is 0 Å². The predicted octanol–water partition coefficient (Wildman–Crippen LogP) is 3.07. The number of hydrogen-bond acceptors (Lipinski definition) is 4. The number of pyridine rings is 1. The molecule has 1 amide bonds. The van der Waals surface area contributed by atoms with Gasteiger partial charge in [-0.3, -0.25) is 9.79 Å². The van der Waals surface area contributed by atoms with Crippen LogP contribution in [0.1, 0.15) is 36.3 Å². The molecule has 1 fully saturated rings. The summed E-state index contributed by atoms with van der Waals surface area (Å²) in [6.45, 7) is 9.38. The number of hydrogen-bond donors (Lipinski definition) is 2. The van der Waals surface area contributed by atoms with Crippen LogP contribution in [0.5, 0.6) is 0 Å². The Morgan fingerprint density at radius 3 is 2.83 bits per heavy atom. The zero-order chi connectivity index (χ0) is 21.3. The van der Waals surface area contributed by atoms with Gasteiger partial charge in [0.15, 0.2) is 5.96 Å². The number of rotatable bonds is 6. The van der Waals surface area contributed by atoms with Crippen LogP contribution in [0, 0.1) is 13.8 Å². The molecule has 0 radical (unpaired) electrons. The molecule has 1 aliphatic heterocycles. The summed E-state index contributed by atoms with van der Waals surface area (Å²) in [5, 5.41) is 6.18. The maximum atomic E-state index is 12.2. The van der Waals surface area contributed by atoms with Gasteiger partial charge in [-0.1, -0.05) is 30.3 Å². The van der Waals surface area contributed by atoms with Crippen LogP contribution in [0.4, 0.5) is 5.82 Å². The minimum atomic E-state index is -0.0903. The van der Waals surface area contributed by atoms with Gasteiger partial charge in [0.05, 0.1) is 19.7 Å². The first kappa shape index (κ1) is 21.8. The average Bonchev–Trinajstić information content (AvgIpc) is 2.73. The molecule has 0 bridgehead atoms. The summed E-state index contributed by atoms with van der Waals surface area (Å²) >= 11 is 0. The van der Waals surface area contributed by atoms with Crippen LogP contribution in [0.15, 0.2) is 47.5 Å². The van der Waals surface area contributed by atoms with Gasteiger partial charge in [-0.2, -0.15) is 0 Å². The van der Waals surface area contributed by atoms with E-state index in [1.165, 1.54) is 11.1 Å². The number of aliphatic imine (C=N–C) groups is 1. The molecule has 30 heavy (non-hydrogen) atoms. The maximum Gasteiger partial charge on any atom is 0.227 e. The zero-order valence-electron chi connectivity index (χ0n) is 18.0. The number of ether oxygens (including phenoxy) is 1. The lowest BCUT2D eigenvalue weighted by Gasteiger charge is -2.35. The number of benzene rings is 1. The largest absolute Gasteiger partial charge is 0.370 e. The molecule has 1 aromatic carbocycles. The van der Waals surface area contributed by atoms with Crippen molar-refractivity contribution >= 4 is 17.7 Å². The fraction of sp³-hybridized carbons (Fsp3) is 0.435. The van der Waals surface area contributed by atoms with E-state index in [1.807, 2.05) is 38.1 Å². The molecule has 1 saturated heterocycles. The summed E-state index contributed by atoms with van der Waals surface area (Å²) in [6, 6.07) is 13.9. The van der Waals surface area contributed by atoms with Gasteiger partial charge in [0.1, 0.15) is 11.9 Å². The Morgan fingerprint density at radius 1 is 1.23 bits per heavy atom. The standard InChI is InChI=1S/C23H31N5O2/c1-4-24-23(25-13-12-22(29)27-21-11-7-9-18(3)26-21)28-14-15-30-20(16-28)19-10-6-5-8-17(19)2/h5-11,20H,4,12-16H2,1-3H3,(H,24,25)(H,26,27,29). The van der Waals surface area contributed by atoms with Crippen LogP contribution in [0.25, 0.3) is 0 Å². The summed E-state index contributed by atoms with van der Waals surface area (Å²) in [5.74, 6) is 1.30. The lowest BCUT2D eigenvalue weighted by Crippen LogP contribution is -2.48. The molecule has 2 heterocycles. The van der Waals surface area contributed by atoms with Crippen LogP contribution >= 0.6 is 0 Å². The number of amides is 1. The number of morpholine rings is 1. The first-order valence-corrected chi connectivity index (χ1v) is 10.5. The summed E-state index contributed by atoms with van der Waals surface area (Å²) < 4.78 is 6.03. The Bertz CT molecular complexity index is 883. The van der Waals surface area contributed by atoms with Crippen LogP contribution < -0.4 is 10.6 Å². The van der Waals surface area contributed by atoms with Crippen molar-refractivity contribution in [1.82, 2.24) is 15.2 Å². The molecule has 2 N–H and O–H groups in total. The lowest BCUT2D eigenvalue weighted by molar-refractivity contribution is -0.116. The molecule has 1 atom stereocenters. The Kier molecular flexibility index (Phi) is 7.79. The van der Waals surface area contributed by atoms with Crippen molar-refractivity contribution in [3.05, 3.63) is 59.3 Å². The van der Waals surface area contributed by atoms with Crippen LogP contribution in [0.2, 0.25) is 0 Å². The second-order valence-electron chi connectivity index (χ2n) is 7.36. The van der Waals surface area contributed by atoms with Gasteiger partial charge in [-0.05, 0) is 44.0 Å². The molecular weight excluding hydrogens is 378 g/mol. The molecule has 1 aromatic heterocycles. The lowest BCUT2D eigenvalue weighted by atomic mass is 10.0. The van der Waals surface area contributed by atoms with Gasteiger partial charge in [0.25, 0.3) is 0 Å². The van der Waals surface area contributed by atoms with Crippen LogP contribution in [-0.4, -0.2) is 54.5 Å². The van der Waals surface area contributed by atoms with E-state index in [9.17, 15) is 4.79 Å². The highest BCUT2D eigenvalue weighted by molar-refractivity contribution is 5.90. The Hall–Kier alpha value is -2.93. The number of carbonyl (C=O) groups excluding carboxylic acids is 1. The molecule has 0 spiro atoms. The number of anilines is 1. The second kappa shape index (κ2) is 10.7. The van der Waals surface area contributed by atoms with E-state index in [4.69, 9.17) is 4.74 Å². The topological polar surface area (TPSA) is 78.8 Å². The Balaban J connectivity index is 1.59. The smallest absolute Gasteiger partial charge is 0.227 e. The predicted molar refractivity (Wildman–Crippen MR) is 120 cm³/mol. The van der Waals surface area contributed by atoms with E-state index >= 15 is 0 Å². The summed E-state index contributed by atoms with van der Waals surface area (Å²) in [6.07, 6.45) is 0.315. The molecule has 1 aliphatic rings. The third kappa shape index (κ3) is 6.03. The molecule has 0 saturated carbocycles. The molecule has 3 rings (SSSR count). The highest BCUT2D eigenvalue weighted by atomic mass is 16.5. The number of aryl methyl sites for hydroxylation is 2. The number of carbonyl (C=O) groups is 1. The van der Waals surface area contributed by atoms with Crippen molar-refractivity contribution in [3.8, 4) is 0 Å². The van der Waals surface area contributed by atoms with Gasteiger partial charge in [-0.15, -0.1) is 0 Å². The minimum absolute atomic E-state index is 0.0134. The molecule has 7 heteroatoms. The normalized spacial score (nSPS) is 17.0. The quantitative estimate of drug-likeness (QED) is 0.566. The number of guanidine groups is 1. The molecule has 2 aromatic rings. The van der Waals surface area contributed by atoms with E-state index in [2.05, 4.69) is 44.6 Å². The van der Waals surface area contributed by atoms with Crippen molar-refractivity contribution in [2.24, 2.45) is 4.99 Å². The number of nitrogens with one attached hydrogen (secondary N) is 2. The van der Waals surface area contributed by atoms with Crippen LogP contribution in [0.3, 0.4) is 0 Å². The molecule has 1 unspecified atom stereocenters. The number of aromatic nitrogens is 1. The zero-order valence-corrected chi connectivity index (χ0v) is 18.0. The van der Waals surface area contributed by atoms with Crippen molar-refractivity contribution in [2.75, 3.05) is 38.1 Å². The average molecular weight is 410 g/mol. The van der Waals surface area contributed by atoms with Gasteiger partial charge >= 0.3 is 0 Å². The summed E-state index contributed by atoms with van der Waals surface area (Å²) in [7, 11) is 0. The minimum Gasteiger partial charge on any atom is -0.370 e. The van der Waals surface area contributed by atoms with E-state index in [0.29, 0.717) is 25.4 Å². The van der Waals surface area contributed by atoms with Crippen molar-refractivity contribution in [3.63, 3.8) is 0 Å². The highest BCUT2D eigenvalue weighted by Gasteiger charge is 2.25. The van der Waals surface area contributed by atoms with Gasteiger partial charge in [-0.25, -0.2) is 4.98 Å².